The predicted octanol–water partition coefficient (Wildman–Crippen LogP) is 2.69. The van der Waals surface area contributed by atoms with Gasteiger partial charge in [-0.1, -0.05) is 36.4 Å². The summed E-state index contributed by atoms with van der Waals surface area (Å²) in [5.41, 5.74) is 7.81. The molecule has 4 nitrogen and oxygen atoms in total. The lowest BCUT2D eigenvalue weighted by atomic mass is 10.1. The Morgan fingerprint density at radius 3 is 2.45 bits per heavy atom. The molecule has 3 N–H and O–H groups in total. The zero-order valence-corrected chi connectivity index (χ0v) is 13.7. The lowest BCUT2D eigenvalue weighted by Gasteiger charge is -2.10. The highest BCUT2D eigenvalue weighted by Crippen LogP contribution is 2.19. The predicted molar refractivity (Wildman–Crippen MR) is 89.7 cm³/mol. The molecule has 0 heterocycles. The molecule has 0 fully saturated rings. The Bertz CT molecular complexity index is 702. The molecule has 0 bridgehead atoms. The molecule has 0 saturated carbocycles. The second-order valence-corrected chi connectivity index (χ2v) is 7.25. The van der Waals surface area contributed by atoms with Gasteiger partial charge >= 0.3 is 0 Å². The van der Waals surface area contributed by atoms with Gasteiger partial charge in [-0.05, 0) is 45.9 Å². The van der Waals surface area contributed by atoms with Crippen LogP contribution in [-0.2, 0) is 22.3 Å². The van der Waals surface area contributed by atoms with Crippen LogP contribution in [0.25, 0.3) is 0 Å². The van der Waals surface area contributed by atoms with Crippen LogP contribution in [0.15, 0.2) is 48.5 Å². The number of nitrogens with one attached hydrogen (secondary N) is 1. The van der Waals surface area contributed by atoms with E-state index in [-0.39, 0.29) is 5.75 Å². The van der Waals surface area contributed by atoms with Gasteiger partial charge < -0.3 is 5.73 Å². The van der Waals surface area contributed by atoms with Crippen molar-refractivity contribution in [2.45, 2.75) is 12.3 Å². The molecular weight excluding hydrogens is 387 g/mol. The van der Waals surface area contributed by atoms with Crippen LogP contribution in [0.2, 0.25) is 0 Å². The zero-order valence-electron chi connectivity index (χ0n) is 10.7. The van der Waals surface area contributed by atoms with Crippen LogP contribution in [0.1, 0.15) is 11.1 Å². The maximum Gasteiger partial charge on any atom is 0.236 e. The Morgan fingerprint density at radius 2 is 1.75 bits per heavy atom. The molecule has 0 aliphatic carbocycles. The van der Waals surface area contributed by atoms with Crippen molar-refractivity contribution in [3.05, 3.63) is 63.2 Å². The third-order valence-electron chi connectivity index (χ3n) is 2.72. The third-order valence-corrected chi connectivity index (χ3v) is 4.91. The van der Waals surface area contributed by atoms with E-state index >= 15 is 0 Å². The SMILES string of the molecule is NCc1cccc(CS(=O)(=O)Nc2ccccc2I)c1. The molecule has 0 atom stereocenters. The van der Waals surface area contributed by atoms with Crippen LogP contribution in [0.4, 0.5) is 5.69 Å². The molecule has 0 aliphatic rings. The number of hydrogen-bond donors (Lipinski definition) is 2. The summed E-state index contributed by atoms with van der Waals surface area (Å²) < 4.78 is 27.8. The molecule has 0 amide bonds. The molecule has 2 rings (SSSR count). The molecule has 6 heteroatoms. The average molecular weight is 402 g/mol. The first kappa shape index (κ1) is 15.3. The van der Waals surface area contributed by atoms with Gasteiger partial charge in [-0.25, -0.2) is 8.42 Å². The van der Waals surface area contributed by atoms with Crippen LogP contribution in [-0.4, -0.2) is 8.42 Å². The molecular formula is C14H15IN2O2S. The number of nitrogens with two attached hydrogens (primary N) is 1. The Hall–Kier alpha value is -1.12. The van der Waals surface area contributed by atoms with E-state index < -0.39 is 10.0 Å². The fourth-order valence-electron chi connectivity index (χ4n) is 1.81. The second kappa shape index (κ2) is 6.55. The molecule has 0 aromatic heterocycles. The lowest BCUT2D eigenvalue weighted by molar-refractivity contribution is 0.600. The number of halogens is 1. The maximum atomic E-state index is 12.2. The quantitative estimate of drug-likeness (QED) is 0.756. The van der Waals surface area contributed by atoms with Crippen LogP contribution in [0, 0.1) is 3.57 Å². The Kier molecular flexibility index (Phi) is 5.00. The van der Waals surface area contributed by atoms with Gasteiger partial charge in [0.2, 0.25) is 10.0 Å². The van der Waals surface area contributed by atoms with Crippen LogP contribution in [0.5, 0.6) is 0 Å². The number of sulfonamides is 1. The molecule has 20 heavy (non-hydrogen) atoms. The standard InChI is InChI=1S/C14H15IN2O2S/c15-13-6-1-2-7-14(13)17-20(18,19)10-12-5-3-4-11(8-12)9-16/h1-8,17H,9-10,16H2. The Balaban J connectivity index is 2.17. The van der Waals surface area contributed by atoms with Gasteiger partial charge in [-0.2, -0.15) is 0 Å². The van der Waals surface area contributed by atoms with Crippen molar-refractivity contribution in [3.63, 3.8) is 0 Å². The Labute approximate surface area is 132 Å². The molecule has 2 aromatic carbocycles. The number of hydrogen-bond acceptors (Lipinski definition) is 3. The minimum absolute atomic E-state index is 0.0637. The summed E-state index contributed by atoms with van der Waals surface area (Å²) in [5, 5.41) is 0. The number of rotatable bonds is 5. The first-order valence-corrected chi connectivity index (χ1v) is 8.76. The first-order chi connectivity index (χ1) is 9.50. The van der Waals surface area contributed by atoms with Gasteiger partial charge in [0, 0.05) is 10.1 Å². The van der Waals surface area contributed by atoms with Crippen molar-refractivity contribution in [2.75, 3.05) is 4.72 Å². The smallest absolute Gasteiger partial charge is 0.236 e. The van der Waals surface area contributed by atoms with Crippen molar-refractivity contribution in [3.8, 4) is 0 Å². The largest absolute Gasteiger partial charge is 0.326 e. The summed E-state index contributed by atoms with van der Waals surface area (Å²) in [6, 6.07) is 14.6. The highest BCUT2D eigenvalue weighted by Gasteiger charge is 2.13. The average Bonchev–Trinajstić information content (AvgIpc) is 2.41. The summed E-state index contributed by atoms with van der Waals surface area (Å²) >= 11 is 2.10. The minimum Gasteiger partial charge on any atom is -0.326 e. The molecule has 0 aliphatic heterocycles. The fourth-order valence-corrected chi connectivity index (χ4v) is 3.72. The van der Waals surface area contributed by atoms with Gasteiger partial charge in [0.15, 0.2) is 0 Å². The van der Waals surface area contributed by atoms with E-state index in [4.69, 9.17) is 5.73 Å². The molecule has 0 unspecified atom stereocenters. The summed E-state index contributed by atoms with van der Waals surface area (Å²) in [7, 11) is -3.43. The number of anilines is 1. The second-order valence-electron chi connectivity index (χ2n) is 4.37. The maximum absolute atomic E-state index is 12.2. The van der Waals surface area contributed by atoms with Crippen LogP contribution < -0.4 is 10.5 Å². The van der Waals surface area contributed by atoms with Crippen molar-refractivity contribution >= 4 is 38.3 Å². The molecule has 0 spiro atoms. The van der Waals surface area contributed by atoms with E-state index in [1.807, 2.05) is 30.3 Å². The van der Waals surface area contributed by atoms with E-state index in [2.05, 4.69) is 27.3 Å². The number of benzene rings is 2. The van der Waals surface area contributed by atoms with Gasteiger partial charge in [0.05, 0.1) is 11.4 Å². The Morgan fingerprint density at radius 1 is 1.05 bits per heavy atom. The van der Waals surface area contributed by atoms with Crippen molar-refractivity contribution in [1.82, 2.24) is 0 Å². The highest BCUT2D eigenvalue weighted by atomic mass is 127. The van der Waals surface area contributed by atoms with Crippen LogP contribution >= 0.6 is 22.6 Å². The summed E-state index contributed by atoms with van der Waals surface area (Å²) in [6.07, 6.45) is 0. The third kappa shape index (κ3) is 4.19. The zero-order chi connectivity index (χ0) is 14.6. The molecule has 0 saturated heterocycles. The molecule has 2 aromatic rings. The van der Waals surface area contributed by atoms with Crippen molar-refractivity contribution in [1.29, 1.82) is 0 Å². The van der Waals surface area contributed by atoms with Crippen molar-refractivity contribution in [2.24, 2.45) is 5.73 Å². The monoisotopic (exact) mass is 402 g/mol. The summed E-state index contributed by atoms with van der Waals surface area (Å²) in [4.78, 5) is 0. The highest BCUT2D eigenvalue weighted by molar-refractivity contribution is 14.1. The van der Waals surface area contributed by atoms with E-state index in [1.54, 1.807) is 18.2 Å². The van der Waals surface area contributed by atoms with Crippen LogP contribution in [0.3, 0.4) is 0 Å². The summed E-state index contributed by atoms with van der Waals surface area (Å²) in [6.45, 7) is 0.401. The van der Waals surface area contributed by atoms with E-state index in [9.17, 15) is 8.42 Å². The van der Waals surface area contributed by atoms with Gasteiger partial charge in [-0.3, -0.25) is 4.72 Å². The topological polar surface area (TPSA) is 72.2 Å². The van der Waals surface area contributed by atoms with Gasteiger partial charge in [0.1, 0.15) is 0 Å². The summed E-state index contributed by atoms with van der Waals surface area (Å²) in [5.74, 6) is -0.0637. The molecule has 0 radical (unpaired) electrons. The first-order valence-electron chi connectivity index (χ1n) is 6.03. The lowest BCUT2D eigenvalue weighted by Crippen LogP contribution is -2.16. The normalized spacial score (nSPS) is 11.3. The van der Waals surface area contributed by atoms with Gasteiger partial charge in [-0.15, -0.1) is 0 Å². The van der Waals surface area contributed by atoms with E-state index in [0.29, 0.717) is 12.2 Å². The van der Waals surface area contributed by atoms with E-state index in [0.717, 1.165) is 14.7 Å². The molecule has 106 valence electrons. The number of para-hydroxylation sites is 1. The minimum atomic E-state index is -3.43. The van der Waals surface area contributed by atoms with Gasteiger partial charge in [0.25, 0.3) is 0 Å². The fraction of sp³-hybridized carbons (Fsp3) is 0.143. The van der Waals surface area contributed by atoms with Crippen molar-refractivity contribution < 1.29 is 8.42 Å². The van der Waals surface area contributed by atoms with E-state index in [1.165, 1.54) is 0 Å².